The maximum atomic E-state index is 9.77. The van der Waals surface area contributed by atoms with E-state index in [0.717, 1.165) is 5.75 Å². The van der Waals surface area contributed by atoms with Crippen LogP contribution in [0.2, 0.25) is 0 Å². The highest BCUT2D eigenvalue weighted by Gasteiger charge is 2.05. The highest BCUT2D eigenvalue weighted by Crippen LogP contribution is 2.12. The van der Waals surface area contributed by atoms with Crippen molar-refractivity contribution in [3.8, 4) is 11.6 Å². The van der Waals surface area contributed by atoms with Crippen LogP contribution >= 0.6 is 0 Å². The molecule has 0 amide bonds. The van der Waals surface area contributed by atoms with Gasteiger partial charge in [-0.05, 0) is 30.3 Å². The molecule has 1 atom stereocenters. The van der Waals surface area contributed by atoms with Crippen molar-refractivity contribution in [3.63, 3.8) is 0 Å². The molecule has 0 bridgehead atoms. The van der Waals surface area contributed by atoms with Gasteiger partial charge in [-0.25, -0.2) is 0 Å². The lowest BCUT2D eigenvalue weighted by molar-refractivity contribution is 0.102. The van der Waals surface area contributed by atoms with Gasteiger partial charge in [-0.1, -0.05) is 0 Å². The minimum atomic E-state index is -0.626. The van der Waals surface area contributed by atoms with Crippen molar-refractivity contribution in [2.75, 3.05) is 32.0 Å². The average Bonchev–Trinajstić information content (AvgIpc) is 2.55. The Balaban J connectivity index is 1.53. The van der Waals surface area contributed by atoms with E-state index in [1.54, 1.807) is 30.5 Å². The summed E-state index contributed by atoms with van der Waals surface area (Å²) in [6.07, 6.45) is 0.935. The van der Waals surface area contributed by atoms with Crippen LogP contribution in [0.3, 0.4) is 0 Å². The monoisotopic (exact) mass is 304 g/mol. The number of anilines is 1. The molecule has 0 aliphatic carbocycles. The van der Waals surface area contributed by atoms with Crippen molar-refractivity contribution < 1.29 is 14.6 Å². The Bertz CT molecular complexity index is 536. The van der Waals surface area contributed by atoms with Gasteiger partial charge in [0.05, 0.1) is 0 Å². The minimum Gasteiger partial charge on any atom is -0.492 e. The number of ether oxygens (including phenoxy) is 2. The highest BCUT2D eigenvalue weighted by molar-refractivity contribution is 5.41. The fourth-order valence-corrected chi connectivity index (χ4v) is 1.68. The molecule has 118 valence electrons. The first-order valence-corrected chi connectivity index (χ1v) is 7.01. The molecular formula is C15H20N4O3. The number of aliphatic hydroxyl groups is 1. The van der Waals surface area contributed by atoms with E-state index in [4.69, 9.17) is 15.2 Å². The van der Waals surface area contributed by atoms with Crippen LogP contribution in [0.4, 0.5) is 5.69 Å². The largest absolute Gasteiger partial charge is 0.492 e. The van der Waals surface area contributed by atoms with Gasteiger partial charge in [-0.15, -0.1) is 5.10 Å². The lowest BCUT2D eigenvalue weighted by atomic mass is 10.3. The first kappa shape index (κ1) is 16.0. The SMILES string of the molecule is Nc1ccc(OCCNCC(O)COc2cccnn2)cc1. The zero-order valence-corrected chi connectivity index (χ0v) is 12.2. The number of nitrogen functional groups attached to an aromatic ring is 1. The van der Waals surface area contributed by atoms with Crippen molar-refractivity contribution in [3.05, 3.63) is 42.6 Å². The van der Waals surface area contributed by atoms with Gasteiger partial charge in [0.2, 0.25) is 5.88 Å². The average molecular weight is 304 g/mol. The van der Waals surface area contributed by atoms with Crippen molar-refractivity contribution in [1.82, 2.24) is 15.5 Å². The van der Waals surface area contributed by atoms with Gasteiger partial charge >= 0.3 is 0 Å². The fourth-order valence-electron chi connectivity index (χ4n) is 1.68. The number of aliphatic hydroxyl groups excluding tert-OH is 1. The molecule has 0 saturated heterocycles. The zero-order valence-electron chi connectivity index (χ0n) is 12.2. The quantitative estimate of drug-likeness (QED) is 0.457. The van der Waals surface area contributed by atoms with Gasteiger partial charge in [0, 0.05) is 31.0 Å². The van der Waals surface area contributed by atoms with Crippen LogP contribution in [0.15, 0.2) is 42.6 Å². The van der Waals surface area contributed by atoms with E-state index in [1.807, 2.05) is 12.1 Å². The van der Waals surface area contributed by atoms with Gasteiger partial charge in [0.25, 0.3) is 0 Å². The van der Waals surface area contributed by atoms with Crippen molar-refractivity contribution in [2.24, 2.45) is 0 Å². The Kier molecular flexibility index (Phi) is 6.40. The number of nitrogens with one attached hydrogen (secondary N) is 1. The Morgan fingerprint density at radius 1 is 1.18 bits per heavy atom. The number of hydrogen-bond acceptors (Lipinski definition) is 7. The Morgan fingerprint density at radius 3 is 2.73 bits per heavy atom. The number of rotatable bonds is 9. The summed E-state index contributed by atoms with van der Waals surface area (Å²) in [4.78, 5) is 0. The van der Waals surface area contributed by atoms with Crippen LogP contribution < -0.4 is 20.5 Å². The van der Waals surface area contributed by atoms with Crippen LogP contribution in [0.1, 0.15) is 0 Å². The third kappa shape index (κ3) is 5.94. The molecule has 0 aliphatic heterocycles. The third-order valence-corrected chi connectivity index (χ3v) is 2.78. The van der Waals surface area contributed by atoms with E-state index in [-0.39, 0.29) is 6.61 Å². The van der Waals surface area contributed by atoms with Crippen LogP contribution in [0.5, 0.6) is 11.6 Å². The molecule has 22 heavy (non-hydrogen) atoms. The molecule has 1 aromatic heterocycles. The highest BCUT2D eigenvalue weighted by atomic mass is 16.5. The molecule has 0 aliphatic rings. The summed E-state index contributed by atoms with van der Waals surface area (Å²) in [6, 6.07) is 10.6. The second-order valence-electron chi connectivity index (χ2n) is 4.65. The van der Waals surface area contributed by atoms with Crippen LogP contribution in [0.25, 0.3) is 0 Å². The predicted octanol–water partition coefficient (Wildman–Crippen LogP) is 0.467. The predicted molar refractivity (Wildman–Crippen MR) is 82.8 cm³/mol. The molecule has 7 heteroatoms. The van der Waals surface area contributed by atoms with E-state index >= 15 is 0 Å². The van der Waals surface area contributed by atoms with Gasteiger partial charge in [-0.3, -0.25) is 0 Å². The van der Waals surface area contributed by atoms with E-state index in [1.165, 1.54) is 0 Å². The molecule has 1 aromatic carbocycles. The summed E-state index contributed by atoms with van der Waals surface area (Å²) in [6.45, 7) is 1.68. The summed E-state index contributed by atoms with van der Waals surface area (Å²) in [7, 11) is 0. The van der Waals surface area contributed by atoms with E-state index in [9.17, 15) is 5.11 Å². The van der Waals surface area contributed by atoms with Gasteiger partial charge in [0.15, 0.2) is 0 Å². The maximum Gasteiger partial charge on any atom is 0.233 e. The smallest absolute Gasteiger partial charge is 0.233 e. The third-order valence-electron chi connectivity index (χ3n) is 2.78. The topological polar surface area (TPSA) is 103 Å². The first-order chi connectivity index (χ1) is 10.7. The number of nitrogens with zero attached hydrogens (tertiary/aromatic N) is 2. The first-order valence-electron chi connectivity index (χ1n) is 7.01. The Labute approximate surface area is 129 Å². The lowest BCUT2D eigenvalue weighted by Gasteiger charge is -2.13. The van der Waals surface area contributed by atoms with Gasteiger partial charge in [-0.2, -0.15) is 5.10 Å². The summed E-state index contributed by atoms with van der Waals surface area (Å²) >= 11 is 0. The Morgan fingerprint density at radius 2 is 2.00 bits per heavy atom. The molecule has 7 nitrogen and oxygen atoms in total. The summed E-state index contributed by atoms with van der Waals surface area (Å²) in [5.74, 6) is 1.16. The van der Waals surface area contributed by atoms with Crippen LogP contribution in [0, 0.1) is 0 Å². The molecule has 0 saturated carbocycles. The maximum absolute atomic E-state index is 9.77. The number of nitrogens with two attached hydrogens (primary N) is 1. The number of benzene rings is 1. The van der Waals surface area contributed by atoms with Crippen molar-refractivity contribution >= 4 is 5.69 Å². The number of aromatic nitrogens is 2. The molecule has 0 spiro atoms. The molecule has 2 aromatic rings. The molecular weight excluding hydrogens is 284 g/mol. The van der Waals surface area contributed by atoms with Gasteiger partial charge in [0.1, 0.15) is 25.1 Å². The van der Waals surface area contributed by atoms with E-state index in [2.05, 4.69) is 15.5 Å². The normalized spacial score (nSPS) is 11.9. The van der Waals surface area contributed by atoms with Crippen molar-refractivity contribution in [2.45, 2.75) is 6.10 Å². The summed E-state index contributed by atoms with van der Waals surface area (Å²) in [5.41, 5.74) is 6.30. The molecule has 2 rings (SSSR count). The van der Waals surface area contributed by atoms with E-state index in [0.29, 0.717) is 31.3 Å². The molecule has 1 unspecified atom stereocenters. The Hall–Kier alpha value is -2.38. The zero-order chi connectivity index (χ0) is 15.6. The molecule has 0 fully saturated rings. The minimum absolute atomic E-state index is 0.157. The second kappa shape index (κ2) is 8.81. The summed E-state index contributed by atoms with van der Waals surface area (Å²) in [5, 5.41) is 20.3. The van der Waals surface area contributed by atoms with Gasteiger partial charge < -0.3 is 25.6 Å². The standard InChI is InChI=1S/C15H20N4O3/c16-12-3-5-14(6-4-12)21-9-8-17-10-13(20)11-22-15-2-1-7-18-19-15/h1-7,13,17,20H,8-11,16H2. The fraction of sp³-hybridized carbons (Fsp3) is 0.333. The van der Waals surface area contributed by atoms with Crippen LogP contribution in [-0.4, -0.2) is 47.7 Å². The molecule has 1 heterocycles. The number of hydrogen-bond donors (Lipinski definition) is 3. The summed E-state index contributed by atoms with van der Waals surface area (Å²) < 4.78 is 10.8. The lowest BCUT2D eigenvalue weighted by Crippen LogP contribution is -2.33. The second-order valence-corrected chi connectivity index (χ2v) is 4.65. The van der Waals surface area contributed by atoms with Crippen LogP contribution in [-0.2, 0) is 0 Å². The molecule has 4 N–H and O–H groups in total. The molecule has 0 radical (unpaired) electrons. The van der Waals surface area contributed by atoms with E-state index < -0.39 is 6.10 Å². The van der Waals surface area contributed by atoms with Crippen molar-refractivity contribution in [1.29, 1.82) is 0 Å².